The Morgan fingerprint density at radius 1 is 1.33 bits per heavy atom. The van der Waals surface area contributed by atoms with Crippen molar-refractivity contribution in [2.75, 3.05) is 17.6 Å². The highest BCUT2D eigenvalue weighted by atomic mass is 35.5. The molecule has 0 saturated heterocycles. The molecule has 0 aliphatic carbocycles. The van der Waals surface area contributed by atoms with Crippen LogP contribution in [0.1, 0.15) is 27.2 Å². The van der Waals surface area contributed by atoms with Crippen molar-refractivity contribution in [3.63, 3.8) is 0 Å². The van der Waals surface area contributed by atoms with Gasteiger partial charge in [0.1, 0.15) is 0 Å². The van der Waals surface area contributed by atoms with E-state index >= 15 is 0 Å². The van der Waals surface area contributed by atoms with E-state index in [1.807, 2.05) is 0 Å². The van der Waals surface area contributed by atoms with Crippen LogP contribution in [0.4, 0.5) is 11.4 Å². The van der Waals surface area contributed by atoms with Crippen LogP contribution in [0.15, 0.2) is 12.1 Å². The third-order valence-electron chi connectivity index (χ3n) is 2.56. The number of nitrogens with one attached hydrogen (secondary N) is 1. The summed E-state index contributed by atoms with van der Waals surface area (Å²) in [6, 6.07) is 3.26. The summed E-state index contributed by atoms with van der Waals surface area (Å²) in [5, 5.41) is 14.2. The first-order valence-electron chi connectivity index (χ1n) is 5.92. The average molecular weight is 291 g/mol. The number of rotatable bonds is 5. The normalized spacial score (nSPS) is 14.6. The minimum Gasteiger partial charge on any atom is -0.399 e. The molecular weight excluding hydrogens is 271 g/mol. The first-order chi connectivity index (χ1) is 8.21. The molecule has 3 nitrogen and oxygen atoms in total. The van der Waals surface area contributed by atoms with E-state index in [1.165, 1.54) is 0 Å². The molecule has 4 N–H and O–H groups in total. The molecule has 0 saturated carbocycles. The molecule has 0 aliphatic heterocycles. The summed E-state index contributed by atoms with van der Waals surface area (Å²) in [6.07, 6.45) is 0.699. The molecule has 0 aromatic heterocycles. The standard InChI is InChI=1S/C13H20Cl2N2O/c1-8(2)6-13(3,18)7-17-12-10(14)4-9(16)5-11(12)15/h4-5,8,17-18H,6-7,16H2,1-3H3. The summed E-state index contributed by atoms with van der Waals surface area (Å²) in [4.78, 5) is 0. The Labute approximate surface area is 118 Å². The maximum absolute atomic E-state index is 10.2. The highest BCUT2D eigenvalue weighted by Gasteiger charge is 2.22. The molecule has 1 aromatic carbocycles. The average Bonchev–Trinajstić information content (AvgIpc) is 2.12. The molecule has 102 valence electrons. The van der Waals surface area contributed by atoms with Crippen LogP contribution in [0.5, 0.6) is 0 Å². The van der Waals surface area contributed by atoms with Gasteiger partial charge in [-0.1, -0.05) is 37.0 Å². The molecule has 0 spiro atoms. The predicted molar refractivity (Wildman–Crippen MR) is 79.4 cm³/mol. The second kappa shape index (κ2) is 6.00. The summed E-state index contributed by atoms with van der Waals surface area (Å²) in [5.41, 5.74) is 5.95. The minimum absolute atomic E-state index is 0.383. The van der Waals surface area contributed by atoms with Gasteiger partial charge in [-0.15, -0.1) is 0 Å². The van der Waals surface area contributed by atoms with Gasteiger partial charge in [0.15, 0.2) is 0 Å². The van der Waals surface area contributed by atoms with E-state index in [1.54, 1.807) is 19.1 Å². The number of benzene rings is 1. The predicted octanol–water partition coefficient (Wildman–Crippen LogP) is 3.78. The van der Waals surface area contributed by atoms with Gasteiger partial charge in [0, 0.05) is 12.2 Å². The Morgan fingerprint density at radius 2 is 1.83 bits per heavy atom. The van der Waals surface area contributed by atoms with Gasteiger partial charge in [0.05, 0.1) is 21.3 Å². The van der Waals surface area contributed by atoms with Gasteiger partial charge in [-0.2, -0.15) is 0 Å². The van der Waals surface area contributed by atoms with Crippen LogP contribution in [0.25, 0.3) is 0 Å². The largest absolute Gasteiger partial charge is 0.399 e. The van der Waals surface area contributed by atoms with Crippen LogP contribution >= 0.6 is 23.2 Å². The van der Waals surface area contributed by atoms with Crippen molar-refractivity contribution in [1.29, 1.82) is 0 Å². The maximum atomic E-state index is 10.2. The third kappa shape index (κ3) is 4.56. The van der Waals surface area contributed by atoms with Gasteiger partial charge in [-0.05, 0) is 31.4 Å². The molecule has 0 aliphatic rings. The van der Waals surface area contributed by atoms with Crippen LogP contribution in [0.3, 0.4) is 0 Å². The Kier molecular flexibility index (Phi) is 5.14. The third-order valence-corrected chi connectivity index (χ3v) is 3.15. The summed E-state index contributed by atoms with van der Waals surface area (Å²) < 4.78 is 0. The number of nitrogens with two attached hydrogens (primary N) is 1. The number of nitrogen functional groups attached to an aromatic ring is 1. The molecule has 5 heteroatoms. The molecule has 0 amide bonds. The molecule has 0 radical (unpaired) electrons. The van der Waals surface area contributed by atoms with E-state index < -0.39 is 5.60 Å². The van der Waals surface area contributed by atoms with Crippen LogP contribution in [0, 0.1) is 5.92 Å². The number of hydrogen-bond acceptors (Lipinski definition) is 3. The zero-order valence-electron chi connectivity index (χ0n) is 10.9. The van der Waals surface area contributed by atoms with Gasteiger partial charge in [0.2, 0.25) is 0 Å². The number of hydrogen-bond donors (Lipinski definition) is 3. The fourth-order valence-corrected chi connectivity index (χ4v) is 2.63. The topological polar surface area (TPSA) is 58.3 Å². The zero-order chi connectivity index (χ0) is 13.9. The molecule has 0 heterocycles. The van der Waals surface area contributed by atoms with Crippen molar-refractivity contribution in [2.45, 2.75) is 32.8 Å². The molecule has 0 fully saturated rings. The van der Waals surface area contributed by atoms with E-state index in [4.69, 9.17) is 28.9 Å². The van der Waals surface area contributed by atoms with Gasteiger partial charge in [-0.3, -0.25) is 0 Å². The summed E-state index contributed by atoms with van der Waals surface area (Å²) in [5.74, 6) is 0.416. The summed E-state index contributed by atoms with van der Waals surface area (Å²) >= 11 is 12.1. The molecule has 1 atom stereocenters. The van der Waals surface area contributed by atoms with Crippen LogP contribution < -0.4 is 11.1 Å². The first-order valence-corrected chi connectivity index (χ1v) is 6.67. The Morgan fingerprint density at radius 3 is 2.28 bits per heavy atom. The number of aliphatic hydroxyl groups is 1. The fraction of sp³-hybridized carbons (Fsp3) is 0.538. The molecule has 0 bridgehead atoms. The van der Waals surface area contributed by atoms with E-state index in [0.29, 0.717) is 40.3 Å². The van der Waals surface area contributed by atoms with E-state index in [0.717, 1.165) is 0 Å². The monoisotopic (exact) mass is 290 g/mol. The number of halogens is 2. The second-order valence-corrected chi connectivity index (χ2v) is 6.12. The Balaban J connectivity index is 2.75. The lowest BCUT2D eigenvalue weighted by molar-refractivity contribution is 0.0515. The van der Waals surface area contributed by atoms with Crippen molar-refractivity contribution in [3.05, 3.63) is 22.2 Å². The second-order valence-electron chi connectivity index (χ2n) is 5.31. The van der Waals surface area contributed by atoms with Crippen LogP contribution in [0.2, 0.25) is 10.0 Å². The van der Waals surface area contributed by atoms with E-state index in [9.17, 15) is 5.11 Å². The smallest absolute Gasteiger partial charge is 0.0793 e. The zero-order valence-corrected chi connectivity index (χ0v) is 12.4. The minimum atomic E-state index is -0.803. The Hall–Kier alpha value is -0.640. The van der Waals surface area contributed by atoms with Gasteiger partial charge >= 0.3 is 0 Å². The molecule has 1 rings (SSSR count). The van der Waals surface area contributed by atoms with Crippen molar-refractivity contribution >= 4 is 34.6 Å². The first kappa shape index (κ1) is 15.4. The van der Waals surface area contributed by atoms with Gasteiger partial charge < -0.3 is 16.2 Å². The Bertz CT molecular complexity index is 396. The molecule has 1 unspecified atom stereocenters. The molecule has 18 heavy (non-hydrogen) atoms. The lowest BCUT2D eigenvalue weighted by atomic mass is 9.94. The quantitative estimate of drug-likeness (QED) is 0.723. The summed E-state index contributed by atoms with van der Waals surface area (Å²) in [6.45, 7) is 6.31. The maximum Gasteiger partial charge on any atom is 0.0793 e. The van der Waals surface area contributed by atoms with E-state index in [2.05, 4.69) is 19.2 Å². The van der Waals surface area contributed by atoms with Gasteiger partial charge in [0.25, 0.3) is 0 Å². The van der Waals surface area contributed by atoms with Crippen molar-refractivity contribution in [2.24, 2.45) is 5.92 Å². The lowest BCUT2D eigenvalue weighted by Crippen LogP contribution is -2.35. The van der Waals surface area contributed by atoms with E-state index in [-0.39, 0.29) is 0 Å². The van der Waals surface area contributed by atoms with Crippen molar-refractivity contribution in [1.82, 2.24) is 0 Å². The summed E-state index contributed by atoms with van der Waals surface area (Å²) in [7, 11) is 0. The van der Waals surface area contributed by atoms with Crippen molar-refractivity contribution in [3.8, 4) is 0 Å². The number of anilines is 2. The SMILES string of the molecule is CC(C)CC(C)(O)CNc1c(Cl)cc(N)cc1Cl. The van der Waals surface area contributed by atoms with Crippen molar-refractivity contribution < 1.29 is 5.11 Å². The van der Waals surface area contributed by atoms with Gasteiger partial charge in [-0.25, -0.2) is 0 Å². The molecular formula is C13H20Cl2N2O. The lowest BCUT2D eigenvalue weighted by Gasteiger charge is -2.26. The molecule has 1 aromatic rings. The highest BCUT2D eigenvalue weighted by molar-refractivity contribution is 6.39. The van der Waals surface area contributed by atoms with Crippen LogP contribution in [-0.4, -0.2) is 17.3 Å². The van der Waals surface area contributed by atoms with Crippen LogP contribution in [-0.2, 0) is 0 Å². The fourth-order valence-electron chi connectivity index (χ4n) is 1.99. The highest BCUT2D eigenvalue weighted by Crippen LogP contribution is 2.33.